The van der Waals surface area contributed by atoms with E-state index >= 15 is 0 Å². The summed E-state index contributed by atoms with van der Waals surface area (Å²) in [7, 11) is 0. The fraction of sp³-hybridized carbons (Fsp3) is 0.222. The van der Waals surface area contributed by atoms with Gasteiger partial charge < -0.3 is 8.83 Å². The molecule has 0 atom stereocenters. The molecule has 3 aromatic heterocycles. The average molecular weight is 472 g/mol. The zero-order chi connectivity index (χ0) is 23.7. The first kappa shape index (κ1) is 22.2. The van der Waals surface area contributed by atoms with Gasteiger partial charge in [-0.05, 0) is 53.8 Å². The standard InChI is InChI=1S/C27H25N3O3S/c1-17(2)22-14-23-20(13-25(31)33-24(23)12-18(22)3)16-34-27-29-28-26(19-8-5-4-6-9-19)30(27)15-21-10-7-11-32-21/h4-14,17H,15-16H2,1-3H3. The van der Waals surface area contributed by atoms with Crippen LogP contribution in [0.5, 0.6) is 0 Å². The lowest BCUT2D eigenvalue weighted by molar-refractivity contribution is 0.485. The van der Waals surface area contributed by atoms with Crippen LogP contribution in [0.25, 0.3) is 22.4 Å². The Bertz CT molecular complexity index is 1490. The van der Waals surface area contributed by atoms with Gasteiger partial charge >= 0.3 is 5.63 Å². The molecule has 0 aliphatic carbocycles. The molecular formula is C27H25N3O3S. The van der Waals surface area contributed by atoms with Gasteiger partial charge in [0.1, 0.15) is 11.3 Å². The lowest BCUT2D eigenvalue weighted by Gasteiger charge is -2.13. The molecule has 0 saturated carbocycles. The molecule has 7 heteroatoms. The maximum Gasteiger partial charge on any atom is 0.336 e. The molecule has 5 aromatic rings. The van der Waals surface area contributed by atoms with Crippen molar-refractivity contribution in [3.05, 3.63) is 99.8 Å². The Labute approximate surface area is 201 Å². The molecule has 3 heterocycles. The van der Waals surface area contributed by atoms with Crippen molar-refractivity contribution in [2.24, 2.45) is 0 Å². The molecule has 5 rings (SSSR count). The molecule has 172 valence electrons. The number of benzene rings is 2. The lowest BCUT2D eigenvalue weighted by Crippen LogP contribution is -2.04. The van der Waals surface area contributed by atoms with Gasteiger partial charge in [-0.15, -0.1) is 10.2 Å². The van der Waals surface area contributed by atoms with Crippen LogP contribution in [0.1, 0.15) is 42.2 Å². The first-order valence-corrected chi connectivity index (χ1v) is 12.2. The van der Waals surface area contributed by atoms with E-state index in [4.69, 9.17) is 8.83 Å². The van der Waals surface area contributed by atoms with E-state index in [9.17, 15) is 4.79 Å². The Balaban J connectivity index is 1.52. The van der Waals surface area contributed by atoms with E-state index in [1.807, 2.05) is 48.5 Å². The Morgan fingerprint density at radius 3 is 2.59 bits per heavy atom. The van der Waals surface area contributed by atoms with Crippen LogP contribution in [0.3, 0.4) is 0 Å². The molecule has 0 aliphatic rings. The van der Waals surface area contributed by atoms with E-state index < -0.39 is 0 Å². The van der Waals surface area contributed by atoms with Gasteiger partial charge in [0.05, 0.1) is 12.8 Å². The zero-order valence-corrected chi connectivity index (χ0v) is 20.1. The summed E-state index contributed by atoms with van der Waals surface area (Å²) in [5.74, 6) is 2.53. The molecule has 0 aliphatic heterocycles. The quantitative estimate of drug-likeness (QED) is 0.201. The number of thioether (sulfide) groups is 1. The number of aromatic nitrogens is 3. The number of nitrogens with zero attached hydrogens (tertiary/aromatic N) is 3. The number of hydrogen-bond acceptors (Lipinski definition) is 6. The molecule has 0 saturated heterocycles. The topological polar surface area (TPSA) is 74.1 Å². The molecule has 0 radical (unpaired) electrons. The zero-order valence-electron chi connectivity index (χ0n) is 19.3. The number of furan rings is 1. The third-order valence-corrected chi connectivity index (χ3v) is 6.85. The van der Waals surface area contributed by atoms with Gasteiger partial charge in [-0.25, -0.2) is 4.79 Å². The summed E-state index contributed by atoms with van der Waals surface area (Å²) < 4.78 is 13.2. The second-order valence-corrected chi connectivity index (χ2v) is 9.52. The Hall–Kier alpha value is -3.58. The van der Waals surface area contributed by atoms with Gasteiger partial charge in [0.15, 0.2) is 11.0 Å². The summed E-state index contributed by atoms with van der Waals surface area (Å²) in [6.07, 6.45) is 1.67. The van der Waals surface area contributed by atoms with E-state index in [0.29, 0.717) is 23.8 Å². The molecule has 0 amide bonds. The van der Waals surface area contributed by atoms with Crippen LogP contribution in [0.2, 0.25) is 0 Å². The highest BCUT2D eigenvalue weighted by Crippen LogP contribution is 2.31. The molecule has 0 bridgehead atoms. The van der Waals surface area contributed by atoms with Crippen molar-refractivity contribution >= 4 is 22.7 Å². The third kappa shape index (κ3) is 4.43. The maximum atomic E-state index is 12.3. The molecule has 34 heavy (non-hydrogen) atoms. The SMILES string of the molecule is Cc1cc2oc(=O)cc(CSc3nnc(-c4ccccc4)n3Cc3ccco3)c2cc1C(C)C. The maximum absolute atomic E-state index is 12.3. The Morgan fingerprint density at radius 2 is 1.85 bits per heavy atom. The largest absolute Gasteiger partial charge is 0.467 e. The van der Waals surface area contributed by atoms with Crippen molar-refractivity contribution in [3.8, 4) is 11.4 Å². The highest BCUT2D eigenvalue weighted by Gasteiger charge is 2.17. The molecule has 0 unspecified atom stereocenters. The molecule has 6 nitrogen and oxygen atoms in total. The fourth-order valence-corrected chi connectivity index (χ4v) is 5.10. The third-order valence-electron chi connectivity index (χ3n) is 5.84. The van der Waals surface area contributed by atoms with E-state index in [1.165, 1.54) is 5.56 Å². The van der Waals surface area contributed by atoms with E-state index in [0.717, 1.165) is 38.8 Å². The minimum Gasteiger partial charge on any atom is -0.467 e. The molecule has 0 N–H and O–H groups in total. The second-order valence-electron chi connectivity index (χ2n) is 8.58. The van der Waals surface area contributed by atoms with Crippen LogP contribution in [0.15, 0.2) is 85.7 Å². The summed E-state index contributed by atoms with van der Waals surface area (Å²) in [5, 5.41) is 10.7. The normalized spacial score (nSPS) is 11.5. The first-order valence-electron chi connectivity index (χ1n) is 11.2. The van der Waals surface area contributed by atoms with Crippen LogP contribution in [-0.4, -0.2) is 14.8 Å². The van der Waals surface area contributed by atoms with E-state index in [1.54, 1.807) is 24.1 Å². The van der Waals surface area contributed by atoms with E-state index in [-0.39, 0.29) is 5.63 Å². The monoisotopic (exact) mass is 471 g/mol. The van der Waals surface area contributed by atoms with Gasteiger partial charge in [-0.1, -0.05) is 55.9 Å². The molecule has 0 spiro atoms. The molecule has 2 aromatic carbocycles. The summed E-state index contributed by atoms with van der Waals surface area (Å²) in [4.78, 5) is 12.3. The predicted octanol–water partition coefficient (Wildman–Crippen LogP) is 6.42. The van der Waals surface area contributed by atoms with Crippen molar-refractivity contribution in [1.82, 2.24) is 14.8 Å². The van der Waals surface area contributed by atoms with Crippen LogP contribution >= 0.6 is 11.8 Å². The van der Waals surface area contributed by atoms with Crippen molar-refractivity contribution in [3.63, 3.8) is 0 Å². The van der Waals surface area contributed by atoms with Crippen molar-refractivity contribution in [1.29, 1.82) is 0 Å². The molecule has 0 fully saturated rings. The highest BCUT2D eigenvalue weighted by molar-refractivity contribution is 7.98. The molecular weight excluding hydrogens is 446 g/mol. The van der Waals surface area contributed by atoms with Crippen molar-refractivity contribution < 1.29 is 8.83 Å². The lowest BCUT2D eigenvalue weighted by atomic mass is 9.95. The van der Waals surface area contributed by atoms with Crippen LogP contribution < -0.4 is 5.63 Å². The predicted molar refractivity (Wildman–Crippen MR) is 134 cm³/mol. The van der Waals surface area contributed by atoms with Gasteiger partial charge in [0.2, 0.25) is 0 Å². The summed E-state index contributed by atoms with van der Waals surface area (Å²) in [5.41, 5.74) is 4.55. The summed E-state index contributed by atoms with van der Waals surface area (Å²) in [6.45, 7) is 6.91. The van der Waals surface area contributed by atoms with E-state index in [2.05, 4.69) is 41.6 Å². The Kier molecular flexibility index (Phi) is 6.11. The minimum atomic E-state index is -0.346. The highest BCUT2D eigenvalue weighted by atomic mass is 32.2. The van der Waals surface area contributed by atoms with Gasteiger partial charge in [-0.2, -0.15) is 0 Å². The minimum absolute atomic E-state index is 0.346. The van der Waals surface area contributed by atoms with Gasteiger partial charge in [-0.3, -0.25) is 4.57 Å². The van der Waals surface area contributed by atoms with Gasteiger partial charge in [0, 0.05) is 22.8 Å². The van der Waals surface area contributed by atoms with Crippen molar-refractivity contribution in [2.75, 3.05) is 0 Å². The van der Waals surface area contributed by atoms with Crippen LogP contribution in [-0.2, 0) is 12.3 Å². The van der Waals surface area contributed by atoms with Crippen LogP contribution in [0, 0.1) is 6.92 Å². The first-order chi connectivity index (χ1) is 16.5. The van der Waals surface area contributed by atoms with Gasteiger partial charge in [0.25, 0.3) is 0 Å². The Morgan fingerprint density at radius 1 is 1.03 bits per heavy atom. The average Bonchev–Trinajstić information content (AvgIpc) is 3.47. The van der Waals surface area contributed by atoms with Crippen molar-refractivity contribution in [2.45, 2.75) is 44.1 Å². The second kappa shape index (κ2) is 9.35. The number of hydrogen-bond donors (Lipinski definition) is 0. The number of aryl methyl sites for hydroxylation is 1. The smallest absolute Gasteiger partial charge is 0.336 e. The summed E-state index contributed by atoms with van der Waals surface area (Å²) >= 11 is 1.55. The summed E-state index contributed by atoms with van der Waals surface area (Å²) in [6, 6.07) is 19.5. The van der Waals surface area contributed by atoms with Crippen LogP contribution in [0.4, 0.5) is 0 Å². The number of rotatable bonds is 7. The fourth-order valence-electron chi connectivity index (χ4n) is 4.17. The number of fused-ring (bicyclic) bond motifs is 1.